The average Bonchev–Trinajstić information content (AvgIpc) is 2.38. The SMILES string of the molecule is COc1cnccc1C(=O)Nc1cccc(I)c1. The molecule has 5 heteroatoms. The van der Waals surface area contributed by atoms with Gasteiger partial charge in [-0.1, -0.05) is 6.07 Å². The molecule has 0 fully saturated rings. The Bertz CT molecular complexity index is 572. The van der Waals surface area contributed by atoms with Gasteiger partial charge in [-0.25, -0.2) is 0 Å². The van der Waals surface area contributed by atoms with Crippen LogP contribution < -0.4 is 10.1 Å². The topological polar surface area (TPSA) is 51.2 Å². The Balaban J connectivity index is 2.22. The Morgan fingerprint density at radius 3 is 2.94 bits per heavy atom. The van der Waals surface area contributed by atoms with Crippen molar-refractivity contribution in [2.45, 2.75) is 0 Å². The van der Waals surface area contributed by atoms with E-state index in [4.69, 9.17) is 4.74 Å². The van der Waals surface area contributed by atoms with Crippen LogP contribution in [0.4, 0.5) is 5.69 Å². The summed E-state index contributed by atoms with van der Waals surface area (Å²) in [5.74, 6) is 0.247. The molecule has 18 heavy (non-hydrogen) atoms. The number of nitrogens with zero attached hydrogens (tertiary/aromatic N) is 1. The highest BCUT2D eigenvalue weighted by molar-refractivity contribution is 14.1. The minimum atomic E-state index is -0.212. The van der Waals surface area contributed by atoms with E-state index in [-0.39, 0.29) is 5.91 Å². The maximum Gasteiger partial charge on any atom is 0.259 e. The van der Waals surface area contributed by atoms with Crippen LogP contribution in [0.15, 0.2) is 42.7 Å². The Morgan fingerprint density at radius 2 is 2.22 bits per heavy atom. The van der Waals surface area contributed by atoms with Gasteiger partial charge in [0.05, 0.1) is 18.9 Å². The number of carbonyl (C=O) groups is 1. The van der Waals surface area contributed by atoms with Crippen LogP contribution >= 0.6 is 22.6 Å². The molecule has 1 aromatic heterocycles. The smallest absolute Gasteiger partial charge is 0.259 e. The van der Waals surface area contributed by atoms with Crippen LogP contribution in [0.3, 0.4) is 0 Å². The molecule has 0 bridgehead atoms. The van der Waals surface area contributed by atoms with E-state index < -0.39 is 0 Å². The van der Waals surface area contributed by atoms with E-state index in [1.807, 2.05) is 24.3 Å². The second kappa shape index (κ2) is 5.81. The van der Waals surface area contributed by atoms with Crippen LogP contribution in [0, 0.1) is 3.57 Å². The number of aromatic nitrogens is 1. The molecule has 0 aliphatic carbocycles. The average molecular weight is 354 g/mol. The van der Waals surface area contributed by atoms with Crippen molar-refractivity contribution in [1.29, 1.82) is 0 Å². The van der Waals surface area contributed by atoms with Gasteiger partial charge in [-0.2, -0.15) is 0 Å². The molecule has 0 atom stereocenters. The van der Waals surface area contributed by atoms with Gasteiger partial charge in [-0.15, -0.1) is 0 Å². The molecule has 0 saturated heterocycles. The normalized spacial score (nSPS) is 9.89. The summed E-state index contributed by atoms with van der Waals surface area (Å²) in [6.45, 7) is 0. The number of pyridine rings is 1. The first-order chi connectivity index (χ1) is 8.70. The van der Waals surface area contributed by atoms with Gasteiger partial charge in [0.25, 0.3) is 5.91 Å². The van der Waals surface area contributed by atoms with E-state index in [0.29, 0.717) is 11.3 Å². The van der Waals surface area contributed by atoms with Gasteiger partial charge in [0.1, 0.15) is 5.75 Å². The predicted molar refractivity (Wildman–Crippen MR) is 77.9 cm³/mol. The standard InChI is InChI=1S/C13H11IN2O2/c1-18-12-8-15-6-5-11(12)13(17)16-10-4-2-3-9(14)7-10/h2-8H,1H3,(H,16,17). The maximum atomic E-state index is 12.1. The highest BCUT2D eigenvalue weighted by atomic mass is 127. The van der Waals surface area contributed by atoms with Crippen molar-refractivity contribution >= 4 is 34.2 Å². The zero-order chi connectivity index (χ0) is 13.0. The van der Waals surface area contributed by atoms with Gasteiger partial charge in [-0.3, -0.25) is 9.78 Å². The number of nitrogens with one attached hydrogen (secondary N) is 1. The molecule has 92 valence electrons. The van der Waals surface area contributed by atoms with Crippen LogP contribution in [-0.4, -0.2) is 18.0 Å². The molecule has 1 heterocycles. The van der Waals surface area contributed by atoms with Crippen LogP contribution in [0.2, 0.25) is 0 Å². The molecule has 4 nitrogen and oxygen atoms in total. The van der Waals surface area contributed by atoms with Gasteiger partial charge < -0.3 is 10.1 Å². The lowest BCUT2D eigenvalue weighted by molar-refractivity contribution is 0.102. The molecular formula is C13H11IN2O2. The summed E-state index contributed by atoms with van der Waals surface area (Å²) in [6.07, 6.45) is 3.08. The van der Waals surface area contributed by atoms with E-state index in [9.17, 15) is 4.79 Å². The van der Waals surface area contributed by atoms with Gasteiger partial charge in [0, 0.05) is 15.5 Å². The van der Waals surface area contributed by atoms with Crippen molar-refractivity contribution in [1.82, 2.24) is 4.98 Å². The summed E-state index contributed by atoms with van der Waals surface area (Å²) in [5.41, 5.74) is 1.22. The molecule has 0 aliphatic heterocycles. The number of anilines is 1. The Labute approximate surface area is 119 Å². The van der Waals surface area contributed by atoms with Crippen LogP contribution in [0.25, 0.3) is 0 Å². The van der Waals surface area contributed by atoms with Crippen molar-refractivity contribution < 1.29 is 9.53 Å². The number of methoxy groups -OCH3 is 1. The number of benzene rings is 1. The minimum absolute atomic E-state index is 0.212. The second-order valence-corrected chi connectivity index (χ2v) is 4.79. The third kappa shape index (κ3) is 2.98. The summed E-state index contributed by atoms with van der Waals surface area (Å²) in [7, 11) is 1.51. The number of ether oxygens (including phenoxy) is 1. The van der Waals surface area contributed by atoms with Crippen molar-refractivity contribution in [2.75, 3.05) is 12.4 Å². The molecule has 0 spiro atoms. The molecule has 0 aliphatic rings. The Kier molecular flexibility index (Phi) is 4.14. The summed E-state index contributed by atoms with van der Waals surface area (Å²) in [4.78, 5) is 16.0. The lowest BCUT2D eigenvalue weighted by Gasteiger charge is -2.08. The quantitative estimate of drug-likeness (QED) is 0.863. The highest BCUT2D eigenvalue weighted by Gasteiger charge is 2.11. The van der Waals surface area contributed by atoms with Gasteiger partial charge in [0.15, 0.2) is 0 Å². The van der Waals surface area contributed by atoms with Crippen molar-refractivity contribution in [3.63, 3.8) is 0 Å². The lowest BCUT2D eigenvalue weighted by Crippen LogP contribution is -2.13. The van der Waals surface area contributed by atoms with Crippen LogP contribution in [0.1, 0.15) is 10.4 Å². The van der Waals surface area contributed by atoms with Gasteiger partial charge in [-0.05, 0) is 46.9 Å². The van der Waals surface area contributed by atoms with E-state index in [1.54, 1.807) is 12.3 Å². The summed E-state index contributed by atoms with van der Waals surface area (Å²) >= 11 is 2.19. The summed E-state index contributed by atoms with van der Waals surface area (Å²) < 4.78 is 6.17. The fourth-order valence-electron chi connectivity index (χ4n) is 1.49. The first-order valence-electron chi connectivity index (χ1n) is 5.25. The zero-order valence-corrected chi connectivity index (χ0v) is 11.8. The molecule has 2 aromatic rings. The van der Waals surface area contributed by atoms with E-state index in [0.717, 1.165) is 9.26 Å². The largest absolute Gasteiger partial charge is 0.494 e. The summed E-state index contributed by atoms with van der Waals surface area (Å²) in [6, 6.07) is 9.21. The molecule has 1 N–H and O–H groups in total. The number of hydrogen-bond acceptors (Lipinski definition) is 3. The molecular weight excluding hydrogens is 343 g/mol. The van der Waals surface area contributed by atoms with Crippen molar-refractivity contribution in [3.05, 3.63) is 51.9 Å². The number of amides is 1. The fraction of sp³-hybridized carbons (Fsp3) is 0.0769. The zero-order valence-electron chi connectivity index (χ0n) is 9.68. The minimum Gasteiger partial charge on any atom is -0.494 e. The molecule has 0 radical (unpaired) electrons. The molecule has 2 rings (SSSR count). The second-order valence-electron chi connectivity index (χ2n) is 3.54. The number of halogens is 1. The fourth-order valence-corrected chi connectivity index (χ4v) is 2.04. The molecule has 0 saturated carbocycles. The van der Waals surface area contributed by atoms with Crippen LogP contribution in [-0.2, 0) is 0 Å². The predicted octanol–water partition coefficient (Wildman–Crippen LogP) is 2.95. The molecule has 0 unspecified atom stereocenters. The number of hydrogen-bond donors (Lipinski definition) is 1. The first kappa shape index (κ1) is 12.8. The maximum absolute atomic E-state index is 12.1. The van der Waals surface area contributed by atoms with Crippen LogP contribution in [0.5, 0.6) is 5.75 Å². The van der Waals surface area contributed by atoms with Crippen molar-refractivity contribution in [2.24, 2.45) is 0 Å². The molecule has 1 aromatic carbocycles. The van der Waals surface area contributed by atoms with E-state index >= 15 is 0 Å². The van der Waals surface area contributed by atoms with Gasteiger partial charge in [0.2, 0.25) is 0 Å². The number of rotatable bonds is 3. The third-order valence-electron chi connectivity index (χ3n) is 2.33. The molecule has 1 amide bonds. The first-order valence-corrected chi connectivity index (χ1v) is 6.33. The summed E-state index contributed by atoms with van der Waals surface area (Å²) in [5, 5.41) is 2.82. The lowest BCUT2D eigenvalue weighted by atomic mass is 10.2. The Morgan fingerprint density at radius 1 is 1.39 bits per heavy atom. The van der Waals surface area contributed by atoms with E-state index in [1.165, 1.54) is 13.3 Å². The number of carbonyl (C=O) groups excluding carboxylic acids is 1. The Hall–Kier alpha value is -1.63. The third-order valence-corrected chi connectivity index (χ3v) is 3.00. The van der Waals surface area contributed by atoms with E-state index in [2.05, 4.69) is 32.9 Å². The monoisotopic (exact) mass is 354 g/mol. The van der Waals surface area contributed by atoms with Gasteiger partial charge >= 0.3 is 0 Å². The van der Waals surface area contributed by atoms with Crippen molar-refractivity contribution in [3.8, 4) is 5.75 Å². The highest BCUT2D eigenvalue weighted by Crippen LogP contribution is 2.18.